The van der Waals surface area contributed by atoms with Gasteiger partial charge in [-0.05, 0) is 38.1 Å². The van der Waals surface area contributed by atoms with Crippen LogP contribution in [-0.2, 0) is 13.0 Å². The van der Waals surface area contributed by atoms with Crippen LogP contribution in [0.15, 0.2) is 24.3 Å². The monoisotopic (exact) mass is 278 g/mol. The van der Waals surface area contributed by atoms with Gasteiger partial charge in [-0.1, -0.05) is 31.2 Å². The minimum absolute atomic E-state index is 0.677. The van der Waals surface area contributed by atoms with Gasteiger partial charge in [-0.15, -0.1) is 0 Å². The molecule has 1 saturated heterocycles. The Bertz CT molecular complexity index is 394. The summed E-state index contributed by atoms with van der Waals surface area (Å²) >= 11 is 2.11. The lowest BCUT2D eigenvalue weighted by atomic mass is 10.0. The zero-order valence-electron chi connectivity index (χ0n) is 12.4. The second-order valence-corrected chi connectivity index (χ2v) is 6.89. The first-order valence-electron chi connectivity index (χ1n) is 7.29. The molecule has 2 nitrogen and oxygen atoms in total. The summed E-state index contributed by atoms with van der Waals surface area (Å²) in [6.07, 6.45) is 1.12. The van der Waals surface area contributed by atoms with Gasteiger partial charge >= 0.3 is 0 Å². The standard InChI is InChI=1S/C16H26N2S/c1-13-14(2)19-11-10-18(13)12-16-7-5-4-6-15(16)8-9-17-3/h4-7,13-14,17H,8-12H2,1-3H3. The number of benzene rings is 1. The summed E-state index contributed by atoms with van der Waals surface area (Å²) in [4.78, 5) is 2.64. The molecule has 1 aromatic rings. The van der Waals surface area contributed by atoms with Crippen LogP contribution in [0.4, 0.5) is 0 Å². The third-order valence-corrected chi connectivity index (χ3v) is 5.49. The topological polar surface area (TPSA) is 15.3 Å². The fraction of sp³-hybridized carbons (Fsp3) is 0.625. The molecular formula is C16H26N2S. The van der Waals surface area contributed by atoms with Crippen molar-refractivity contribution in [2.45, 2.75) is 38.1 Å². The Morgan fingerprint density at radius 1 is 1.26 bits per heavy atom. The third kappa shape index (κ3) is 3.98. The van der Waals surface area contributed by atoms with Crippen molar-refractivity contribution >= 4 is 11.8 Å². The minimum atomic E-state index is 0.677. The number of nitrogens with zero attached hydrogens (tertiary/aromatic N) is 1. The van der Waals surface area contributed by atoms with Gasteiger partial charge in [-0.25, -0.2) is 0 Å². The number of likely N-dealkylation sites (N-methyl/N-ethyl adjacent to an activating group) is 1. The van der Waals surface area contributed by atoms with Crippen molar-refractivity contribution in [2.24, 2.45) is 0 Å². The maximum absolute atomic E-state index is 3.25. The molecule has 106 valence electrons. The lowest BCUT2D eigenvalue weighted by molar-refractivity contribution is 0.204. The molecule has 2 rings (SSSR count). The molecule has 1 aromatic carbocycles. The maximum atomic E-state index is 3.25. The number of nitrogens with one attached hydrogen (secondary N) is 1. The molecule has 2 unspecified atom stereocenters. The minimum Gasteiger partial charge on any atom is -0.319 e. The SMILES string of the molecule is CNCCc1ccccc1CN1CCSC(C)C1C. The molecule has 0 radical (unpaired) electrons. The van der Waals surface area contributed by atoms with Crippen LogP contribution in [0, 0.1) is 0 Å². The van der Waals surface area contributed by atoms with Crippen LogP contribution in [0.3, 0.4) is 0 Å². The fourth-order valence-electron chi connectivity index (χ4n) is 2.65. The molecule has 0 amide bonds. The molecule has 19 heavy (non-hydrogen) atoms. The van der Waals surface area contributed by atoms with Crippen molar-refractivity contribution < 1.29 is 0 Å². The van der Waals surface area contributed by atoms with Crippen molar-refractivity contribution in [1.29, 1.82) is 0 Å². The molecule has 1 aliphatic heterocycles. The van der Waals surface area contributed by atoms with E-state index in [4.69, 9.17) is 0 Å². The zero-order chi connectivity index (χ0) is 13.7. The van der Waals surface area contributed by atoms with Crippen LogP contribution in [-0.4, -0.2) is 42.1 Å². The number of thioether (sulfide) groups is 1. The molecule has 2 atom stereocenters. The summed E-state index contributed by atoms with van der Waals surface area (Å²) in [6.45, 7) is 8.10. The Morgan fingerprint density at radius 3 is 2.74 bits per heavy atom. The van der Waals surface area contributed by atoms with E-state index in [-0.39, 0.29) is 0 Å². The van der Waals surface area contributed by atoms with E-state index in [1.165, 1.54) is 23.4 Å². The van der Waals surface area contributed by atoms with Crippen molar-refractivity contribution in [1.82, 2.24) is 10.2 Å². The van der Waals surface area contributed by atoms with Crippen LogP contribution in [0.25, 0.3) is 0 Å². The van der Waals surface area contributed by atoms with Crippen LogP contribution >= 0.6 is 11.8 Å². The maximum Gasteiger partial charge on any atom is 0.0240 e. The predicted molar refractivity (Wildman–Crippen MR) is 85.9 cm³/mol. The van der Waals surface area contributed by atoms with E-state index in [2.05, 4.69) is 60.1 Å². The van der Waals surface area contributed by atoms with Crippen molar-refractivity contribution in [3.8, 4) is 0 Å². The number of hydrogen-bond donors (Lipinski definition) is 1. The molecule has 0 aliphatic carbocycles. The van der Waals surface area contributed by atoms with E-state index in [0.29, 0.717) is 6.04 Å². The molecular weight excluding hydrogens is 252 g/mol. The van der Waals surface area contributed by atoms with Gasteiger partial charge in [0, 0.05) is 30.1 Å². The molecule has 0 aromatic heterocycles. The predicted octanol–water partition coefficient (Wildman–Crippen LogP) is 2.77. The highest BCUT2D eigenvalue weighted by Crippen LogP contribution is 2.26. The Morgan fingerprint density at radius 2 is 2.00 bits per heavy atom. The first kappa shape index (κ1) is 14.9. The van der Waals surface area contributed by atoms with Crippen LogP contribution in [0.1, 0.15) is 25.0 Å². The second kappa shape index (κ2) is 7.32. The van der Waals surface area contributed by atoms with Gasteiger partial charge in [0.15, 0.2) is 0 Å². The normalized spacial score (nSPS) is 24.6. The fourth-order valence-corrected chi connectivity index (χ4v) is 3.82. The molecule has 1 N–H and O–H groups in total. The Hall–Kier alpha value is -0.510. The van der Waals surface area contributed by atoms with Crippen molar-refractivity contribution in [3.05, 3.63) is 35.4 Å². The highest BCUT2D eigenvalue weighted by atomic mass is 32.2. The first-order valence-corrected chi connectivity index (χ1v) is 8.34. The molecule has 1 heterocycles. The Kier molecular flexibility index (Phi) is 5.74. The largest absolute Gasteiger partial charge is 0.319 e. The summed E-state index contributed by atoms with van der Waals surface area (Å²) in [5.74, 6) is 1.27. The quantitative estimate of drug-likeness (QED) is 0.891. The first-order chi connectivity index (χ1) is 9.22. The molecule has 0 spiro atoms. The van der Waals surface area contributed by atoms with E-state index in [1.54, 1.807) is 0 Å². The van der Waals surface area contributed by atoms with Gasteiger partial charge in [0.1, 0.15) is 0 Å². The third-order valence-electron chi connectivity index (χ3n) is 4.15. The van der Waals surface area contributed by atoms with Crippen LogP contribution in [0.5, 0.6) is 0 Å². The van der Waals surface area contributed by atoms with E-state index in [1.807, 2.05) is 7.05 Å². The molecule has 0 bridgehead atoms. The van der Waals surface area contributed by atoms with Crippen molar-refractivity contribution in [2.75, 3.05) is 25.9 Å². The van der Waals surface area contributed by atoms with E-state index in [0.717, 1.165) is 24.8 Å². The van der Waals surface area contributed by atoms with Crippen molar-refractivity contribution in [3.63, 3.8) is 0 Å². The summed E-state index contributed by atoms with van der Waals surface area (Å²) in [7, 11) is 2.02. The van der Waals surface area contributed by atoms with Gasteiger partial charge in [0.25, 0.3) is 0 Å². The number of rotatable bonds is 5. The smallest absolute Gasteiger partial charge is 0.0240 e. The van der Waals surface area contributed by atoms with Gasteiger partial charge < -0.3 is 5.32 Å². The van der Waals surface area contributed by atoms with Crippen LogP contribution < -0.4 is 5.32 Å². The summed E-state index contributed by atoms with van der Waals surface area (Å²) < 4.78 is 0. The summed E-state index contributed by atoms with van der Waals surface area (Å²) in [5, 5.41) is 3.99. The summed E-state index contributed by atoms with van der Waals surface area (Å²) in [6, 6.07) is 9.58. The second-order valence-electron chi connectivity index (χ2n) is 5.41. The van der Waals surface area contributed by atoms with E-state index in [9.17, 15) is 0 Å². The highest BCUT2D eigenvalue weighted by Gasteiger charge is 2.25. The van der Waals surface area contributed by atoms with Crippen LogP contribution in [0.2, 0.25) is 0 Å². The Labute approximate surface area is 122 Å². The lowest BCUT2D eigenvalue weighted by Gasteiger charge is -2.37. The van der Waals surface area contributed by atoms with E-state index < -0.39 is 0 Å². The lowest BCUT2D eigenvalue weighted by Crippen LogP contribution is -2.44. The molecule has 0 saturated carbocycles. The van der Waals surface area contributed by atoms with Gasteiger partial charge in [-0.2, -0.15) is 11.8 Å². The molecule has 1 aliphatic rings. The van der Waals surface area contributed by atoms with Gasteiger partial charge in [0.2, 0.25) is 0 Å². The number of hydrogen-bond acceptors (Lipinski definition) is 3. The van der Waals surface area contributed by atoms with E-state index >= 15 is 0 Å². The average Bonchev–Trinajstić information content (AvgIpc) is 2.43. The molecule has 1 fully saturated rings. The highest BCUT2D eigenvalue weighted by molar-refractivity contribution is 8.00. The molecule has 3 heteroatoms. The van der Waals surface area contributed by atoms with Gasteiger partial charge in [-0.3, -0.25) is 4.90 Å². The van der Waals surface area contributed by atoms with Gasteiger partial charge in [0.05, 0.1) is 0 Å². The zero-order valence-corrected chi connectivity index (χ0v) is 13.2. The average molecular weight is 278 g/mol. The summed E-state index contributed by atoms with van der Waals surface area (Å²) in [5.41, 5.74) is 3.00. The Balaban J connectivity index is 2.05.